The van der Waals surface area contributed by atoms with E-state index in [1.165, 1.54) is 0 Å². The highest BCUT2D eigenvalue weighted by Gasteiger charge is 2.32. The number of hydrogen-bond acceptors (Lipinski definition) is 5. The van der Waals surface area contributed by atoms with Gasteiger partial charge in [-0.15, -0.1) is 0 Å². The minimum atomic E-state index is -0.481. The highest BCUT2D eigenvalue weighted by atomic mass is 16.5. The zero-order chi connectivity index (χ0) is 16.8. The third-order valence-corrected chi connectivity index (χ3v) is 3.95. The summed E-state index contributed by atoms with van der Waals surface area (Å²) in [4.78, 5) is 25.9. The zero-order valence-corrected chi connectivity index (χ0v) is 13.9. The molecule has 2 rings (SSSR count). The number of esters is 1. The first-order valence-corrected chi connectivity index (χ1v) is 7.86. The predicted molar refractivity (Wildman–Crippen MR) is 86.2 cm³/mol. The topological polar surface area (TPSA) is 67.9 Å². The molecule has 1 saturated heterocycles. The minimum absolute atomic E-state index is 0.0782. The van der Waals surface area contributed by atoms with Gasteiger partial charge in [0, 0.05) is 19.6 Å². The summed E-state index contributed by atoms with van der Waals surface area (Å²) in [5.74, 6) is 0.383. The largest absolute Gasteiger partial charge is 0.496 e. The van der Waals surface area contributed by atoms with E-state index in [1.807, 2.05) is 30.0 Å². The molecule has 0 bridgehead atoms. The van der Waals surface area contributed by atoms with Gasteiger partial charge < -0.3 is 14.8 Å². The number of ether oxygens (including phenoxy) is 2. The Morgan fingerprint density at radius 2 is 2.22 bits per heavy atom. The molecule has 1 fully saturated rings. The van der Waals surface area contributed by atoms with Crippen molar-refractivity contribution < 1.29 is 19.1 Å². The molecule has 1 unspecified atom stereocenters. The van der Waals surface area contributed by atoms with Crippen molar-refractivity contribution in [1.82, 2.24) is 10.2 Å². The summed E-state index contributed by atoms with van der Waals surface area (Å²) < 4.78 is 10.2. The predicted octanol–water partition coefficient (Wildman–Crippen LogP) is 1.26. The van der Waals surface area contributed by atoms with E-state index in [4.69, 9.17) is 9.47 Å². The second-order valence-corrected chi connectivity index (χ2v) is 5.59. The molecule has 1 aliphatic heterocycles. The maximum atomic E-state index is 12.1. The van der Waals surface area contributed by atoms with Gasteiger partial charge in [0.2, 0.25) is 5.91 Å². The molecule has 0 aliphatic carbocycles. The summed E-state index contributed by atoms with van der Waals surface area (Å²) >= 11 is 0. The molecule has 6 nitrogen and oxygen atoms in total. The molecule has 6 heteroatoms. The summed E-state index contributed by atoms with van der Waals surface area (Å²) in [6, 6.07) is 5.48. The highest BCUT2D eigenvalue weighted by Crippen LogP contribution is 2.21. The van der Waals surface area contributed by atoms with Crippen LogP contribution < -0.4 is 10.1 Å². The van der Waals surface area contributed by atoms with Gasteiger partial charge in [0.05, 0.1) is 20.1 Å². The molecule has 1 aromatic rings. The Kier molecular flexibility index (Phi) is 5.98. The van der Waals surface area contributed by atoms with Crippen molar-refractivity contribution in [3.05, 3.63) is 29.3 Å². The third kappa shape index (κ3) is 4.45. The van der Waals surface area contributed by atoms with Crippen molar-refractivity contribution in [3.63, 3.8) is 0 Å². The van der Waals surface area contributed by atoms with Crippen molar-refractivity contribution in [3.8, 4) is 5.75 Å². The summed E-state index contributed by atoms with van der Waals surface area (Å²) in [5, 5.41) is 2.82. The van der Waals surface area contributed by atoms with Crippen LogP contribution in [0.2, 0.25) is 0 Å². The van der Waals surface area contributed by atoms with Crippen LogP contribution in [0.1, 0.15) is 24.5 Å². The van der Waals surface area contributed by atoms with Crippen molar-refractivity contribution in [2.45, 2.75) is 32.9 Å². The van der Waals surface area contributed by atoms with Crippen LogP contribution in [0, 0.1) is 6.92 Å². The number of carbonyl (C=O) groups excluding carboxylic acids is 2. The van der Waals surface area contributed by atoms with E-state index in [0.29, 0.717) is 26.2 Å². The van der Waals surface area contributed by atoms with E-state index in [-0.39, 0.29) is 18.3 Å². The van der Waals surface area contributed by atoms with Crippen LogP contribution in [-0.2, 0) is 20.9 Å². The average Bonchev–Trinajstić information content (AvgIpc) is 2.51. The van der Waals surface area contributed by atoms with Gasteiger partial charge in [-0.05, 0) is 31.0 Å². The van der Waals surface area contributed by atoms with E-state index in [2.05, 4.69) is 5.32 Å². The lowest BCUT2D eigenvalue weighted by molar-refractivity contribution is -0.148. The SMILES string of the molecule is CCOC(=O)CC1C(=O)NCCN1Cc1ccc(OC)c(C)c1. The molecule has 0 radical (unpaired) electrons. The van der Waals surface area contributed by atoms with Crippen LogP contribution in [0.3, 0.4) is 0 Å². The highest BCUT2D eigenvalue weighted by molar-refractivity contribution is 5.87. The number of nitrogens with one attached hydrogen (secondary N) is 1. The average molecular weight is 320 g/mol. The van der Waals surface area contributed by atoms with E-state index < -0.39 is 6.04 Å². The van der Waals surface area contributed by atoms with Gasteiger partial charge in [-0.3, -0.25) is 14.5 Å². The molecule has 1 amide bonds. The van der Waals surface area contributed by atoms with Gasteiger partial charge in [-0.25, -0.2) is 0 Å². The van der Waals surface area contributed by atoms with Crippen LogP contribution in [0.15, 0.2) is 18.2 Å². The maximum absolute atomic E-state index is 12.1. The lowest BCUT2D eigenvalue weighted by Gasteiger charge is -2.34. The third-order valence-electron chi connectivity index (χ3n) is 3.95. The van der Waals surface area contributed by atoms with Crippen molar-refractivity contribution >= 4 is 11.9 Å². The number of methoxy groups -OCH3 is 1. The Morgan fingerprint density at radius 1 is 1.43 bits per heavy atom. The number of nitrogens with zero attached hydrogens (tertiary/aromatic N) is 1. The zero-order valence-electron chi connectivity index (χ0n) is 13.9. The monoisotopic (exact) mass is 320 g/mol. The van der Waals surface area contributed by atoms with E-state index >= 15 is 0 Å². The molecule has 1 heterocycles. The van der Waals surface area contributed by atoms with Gasteiger partial charge >= 0.3 is 5.97 Å². The molecule has 0 aromatic heterocycles. The van der Waals surface area contributed by atoms with Crippen LogP contribution in [0.25, 0.3) is 0 Å². The standard InChI is InChI=1S/C17H24N2O4/c1-4-23-16(20)10-14-17(21)18-7-8-19(14)11-13-5-6-15(22-3)12(2)9-13/h5-6,9,14H,4,7-8,10-11H2,1-3H3,(H,18,21). The number of rotatable bonds is 6. The Labute approximate surface area is 136 Å². The smallest absolute Gasteiger partial charge is 0.307 e. The molecule has 0 saturated carbocycles. The first-order chi connectivity index (χ1) is 11.0. The molecule has 1 atom stereocenters. The quantitative estimate of drug-likeness (QED) is 0.799. The number of amides is 1. The van der Waals surface area contributed by atoms with Gasteiger partial charge in [0.1, 0.15) is 11.8 Å². The molecule has 1 aliphatic rings. The van der Waals surface area contributed by atoms with Crippen molar-refractivity contribution in [2.75, 3.05) is 26.8 Å². The van der Waals surface area contributed by atoms with Gasteiger partial charge in [-0.1, -0.05) is 12.1 Å². The second-order valence-electron chi connectivity index (χ2n) is 5.59. The second kappa shape index (κ2) is 7.97. The molecule has 126 valence electrons. The van der Waals surface area contributed by atoms with Gasteiger partial charge in [-0.2, -0.15) is 0 Å². The summed E-state index contributed by atoms with van der Waals surface area (Å²) in [5.41, 5.74) is 2.14. The molecule has 1 N–H and O–H groups in total. The minimum Gasteiger partial charge on any atom is -0.496 e. The number of aryl methyl sites for hydroxylation is 1. The first-order valence-electron chi connectivity index (χ1n) is 7.86. The number of hydrogen-bond donors (Lipinski definition) is 1. The summed E-state index contributed by atoms with van der Waals surface area (Å²) in [6.07, 6.45) is 0.0782. The fraction of sp³-hybridized carbons (Fsp3) is 0.529. The first kappa shape index (κ1) is 17.3. The van der Waals surface area contributed by atoms with Crippen LogP contribution >= 0.6 is 0 Å². The number of benzene rings is 1. The van der Waals surface area contributed by atoms with Crippen LogP contribution in [0.4, 0.5) is 0 Å². The molecular formula is C17H24N2O4. The fourth-order valence-electron chi connectivity index (χ4n) is 2.82. The number of piperazine rings is 1. The lowest BCUT2D eigenvalue weighted by atomic mass is 10.1. The Bertz CT molecular complexity index is 574. The summed E-state index contributed by atoms with van der Waals surface area (Å²) in [6.45, 7) is 5.99. The Hall–Kier alpha value is -2.08. The van der Waals surface area contributed by atoms with E-state index in [9.17, 15) is 9.59 Å². The van der Waals surface area contributed by atoms with Crippen molar-refractivity contribution in [2.24, 2.45) is 0 Å². The fourth-order valence-corrected chi connectivity index (χ4v) is 2.82. The van der Waals surface area contributed by atoms with Crippen LogP contribution in [0.5, 0.6) is 5.75 Å². The molecular weight excluding hydrogens is 296 g/mol. The van der Waals surface area contributed by atoms with Gasteiger partial charge in [0.15, 0.2) is 0 Å². The van der Waals surface area contributed by atoms with E-state index in [0.717, 1.165) is 16.9 Å². The van der Waals surface area contributed by atoms with E-state index in [1.54, 1.807) is 14.0 Å². The molecule has 0 spiro atoms. The maximum Gasteiger partial charge on any atom is 0.307 e. The Morgan fingerprint density at radius 3 is 2.87 bits per heavy atom. The number of carbonyl (C=O) groups is 2. The van der Waals surface area contributed by atoms with Gasteiger partial charge in [0.25, 0.3) is 0 Å². The summed E-state index contributed by atoms with van der Waals surface area (Å²) in [7, 11) is 1.65. The lowest BCUT2D eigenvalue weighted by Crippen LogP contribution is -2.55. The van der Waals surface area contributed by atoms with Crippen molar-refractivity contribution in [1.29, 1.82) is 0 Å². The Balaban J connectivity index is 2.10. The molecule has 23 heavy (non-hydrogen) atoms. The normalized spacial score (nSPS) is 18.4. The van der Waals surface area contributed by atoms with Crippen LogP contribution in [-0.4, -0.2) is 49.6 Å². The molecule has 1 aromatic carbocycles.